The van der Waals surface area contributed by atoms with Crippen molar-refractivity contribution in [2.24, 2.45) is 5.73 Å². The molecule has 0 radical (unpaired) electrons. The van der Waals surface area contributed by atoms with Gasteiger partial charge in [0.25, 0.3) is 0 Å². The topological polar surface area (TPSA) is 52.3 Å². The average Bonchev–Trinajstić information content (AvgIpc) is 2.49. The molecule has 0 saturated carbocycles. The Morgan fingerprint density at radius 2 is 1.62 bits per heavy atom. The van der Waals surface area contributed by atoms with Gasteiger partial charge in [0.15, 0.2) is 0 Å². The molecule has 3 nitrogen and oxygen atoms in total. The molecule has 4 heteroatoms. The van der Waals surface area contributed by atoms with Gasteiger partial charge in [0.2, 0.25) is 5.91 Å². The average molecular weight is 356 g/mol. The maximum Gasteiger partial charge on any atom is 0.248 e. The highest BCUT2D eigenvalue weighted by atomic mass is 79.9. The first kappa shape index (κ1) is 18.0. The second kappa shape index (κ2) is 11.6. The van der Waals surface area contributed by atoms with Crippen LogP contribution in [0.25, 0.3) is 0 Å². The monoisotopic (exact) mass is 355 g/mol. The number of hydrogen-bond acceptors (Lipinski definition) is 2. The van der Waals surface area contributed by atoms with Crippen molar-refractivity contribution < 1.29 is 9.53 Å². The van der Waals surface area contributed by atoms with Gasteiger partial charge in [-0.15, -0.1) is 0 Å². The van der Waals surface area contributed by atoms with Gasteiger partial charge in [-0.3, -0.25) is 4.79 Å². The molecule has 0 bridgehead atoms. The second-order valence-corrected chi connectivity index (χ2v) is 6.05. The number of ether oxygens (including phenoxy) is 1. The number of carbonyl (C=O) groups is 1. The fraction of sp³-hybridized carbons (Fsp3) is 0.588. The molecule has 0 aliphatic heterocycles. The van der Waals surface area contributed by atoms with Crippen LogP contribution in [-0.4, -0.2) is 17.8 Å². The summed E-state index contributed by atoms with van der Waals surface area (Å²) < 4.78 is 5.64. The van der Waals surface area contributed by atoms with Gasteiger partial charge in [0, 0.05) is 10.9 Å². The number of amides is 1. The maximum absolute atomic E-state index is 11.1. The minimum Gasteiger partial charge on any atom is -0.494 e. The van der Waals surface area contributed by atoms with Gasteiger partial charge in [0.1, 0.15) is 5.75 Å². The van der Waals surface area contributed by atoms with Crippen molar-refractivity contribution in [3.8, 4) is 5.75 Å². The summed E-state index contributed by atoms with van der Waals surface area (Å²) in [6.45, 7) is 0.700. The van der Waals surface area contributed by atoms with Crippen molar-refractivity contribution >= 4 is 21.8 Å². The molecule has 2 N–H and O–H groups in total. The minimum atomic E-state index is -0.416. The Balaban J connectivity index is 2.01. The summed E-state index contributed by atoms with van der Waals surface area (Å²) in [6.07, 6.45) is 10.2. The van der Waals surface area contributed by atoms with Gasteiger partial charge in [-0.1, -0.05) is 60.5 Å². The van der Waals surface area contributed by atoms with Crippen LogP contribution in [0, 0.1) is 0 Å². The van der Waals surface area contributed by atoms with E-state index in [1.165, 1.54) is 44.9 Å². The maximum atomic E-state index is 11.1. The van der Waals surface area contributed by atoms with E-state index in [0.717, 1.165) is 17.5 Å². The quantitative estimate of drug-likeness (QED) is 0.437. The van der Waals surface area contributed by atoms with E-state index in [0.29, 0.717) is 12.2 Å². The van der Waals surface area contributed by atoms with Crippen LogP contribution in [0.4, 0.5) is 0 Å². The summed E-state index contributed by atoms with van der Waals surface area (Å²) in [7, 11) is 0. The number of alkyl halides is 1. The molecule has 118 valence electrons. The smallest absolute Gasteiger partial charge is 0.248 e. The fourth-order valence-electron chi connectivity index (χ4n) is 2.19. The number of carbonyl (C=O) groups excluding carboxylic acids is 1. The van der Waals surface area contributed by atoms with E-state index in [9.17, 15) is 4.79 Å². The molecule has 21 heavy (non-hydrogen) atoms. The highest BCUT2D eigenvalue weighted by molar-refractivity contribution is 9.09. The zero-order valence-corrected chi connectivity index (χ0v) is 14.2. The lowest BCUT2D eigenvalue weighted by atomic mass is 10.1. The van der Waals surface area contributed by atoms with E-state index in [2.05, 4.69) is 15.9 Å². The SMILES string of the molecule is NC(=O)c1cccc(OCCCCCCCCCCBr)c1. The summed E-state index contributed by atoms with van der Waals surface area (Å²) in [5.74, 6) is 0.307. The van der Waals surface area contributed by atoms with Crippen molar-refractivity contribution in [1.82, 2.24) is 0 Å². The van der Waals surface area contributed by atoms with Gasteiger partial charge in [-0.25, -0.2) is 0 Å². The third kappa shape index (κ3) is 8.76. The molecule has 1 rings (SSSR count). The van der Waals surface area contributed by atoms with Crippen molar-refractivity contribution in [3.05, 3.63) is 29.8 Å². The highest BCUT2D eigenvalue weighted by Crippen LogP contribution is 2.14. The van der Waals surface area contributed by atoms with E-state index < -0.39 is 5.91 Å². The molecule has 0 aliphatic rings. The van der Waals surface area contributed by atoms with Crippen LogP contribution in [-0.2, 0) is 0 Å². The number of primary amides is 1. The molecule has 0 fully saturated rings. The van der Waals surface area contributed by atoms with Gasteiger partial charge in [-0.05, 0) is 31.0 Å². The summed E-state index contributed by atoms with van der Waals surface area (Å²) in [6, 6.07) is 7.05. The van der Waals surface area contributed by atoms with Crippen molar-refractivity contribution in [2.75, 3.05) is 11.9 Å². The predicted molar refractivity (Wildman–Crippen MR) is 91.2 cm³/mol. The first-order valence-corrected chi connectivity index (χ1v) is 8.95. The van der Waals surface area contributed by atoms with E-state index in [1.807, 2.05) is 6.07 Å². The fourth-order valence-corrected chi connectivity index (χ4v) is 2.58. The Labute approximate surface area is 136 Å². The van der Waals surface area contributed by atoms with Gasteiger partial charge in [-0.2, -0.15) is 0 Å². The minimum absolute atomic E-state index is 0.416. The van der Waals surface area contributed by atoms with Crippen molar-refractivity contribution in [1.29, 1.82) is 0 Å². The Hall–Kier alpha value is -1.03. The van der Waals surface area contributed by atoms with Crippen LogP contribution in [0.3, 0.4) is 0 Å². The molecule has 0 aromatic heterocycles. The Morgan fingerprint density at radius 1 is 1.00 bits per heavy atom. The van der Waals surface area contributed by atoms with E-state index in [-0.39, 0.29) is 0 Å². The van der Waals surface area contributed by atoms with Crippen LogP contribution in [0.1, 0.15) is 61.7 Å². The third-order valence-electron chi connectivity index (χ3n) is 3.42. The van der Waals surface area contributed by atoms with E-state index >= 15 is 0 Å². The van der Waals surface area contributed by atoms with Gasteiger partial charge < -0.3 is 10.5 Å². The summed E-state index contributed by atoms with van der Waals surface area (Å²) in [4.78, 5) is 11.1. The predicted octanol–water partition coefficient (Wildman–Crippen LogP) is 4.68. The molecule has 1 amide bonds. The molecule has 0 aliphatic carbocycles. The zero-order chi connectivity index (χ0) is 15.3. The van der Waals surface area contributed by atoms with Crippen LogP contribution in [0.5, 0.6) is 5.75 Å². The molecule has 1 aromatic rings. The van der Waals surface area contributed by atoms with Crippen LogP contribution < -0.4 is 10.5 Å². The van der Waals surface area contributed by atoms with Crippen LogP contribution in [0.2, 0.25) is 0 Å². The number of nitrogens with two attached hydrogens (primary N) is 1. The summed E-state index contributed by atoms with van der Waals surface area (Å²) in [5.41, 5.74) is 5.74. The first-order chi connectivity index (χ1) is 10.2. The number of benzene rings is 1. The number of rotatable bonds is 12. The molecular weight excluding hydrogens is 330 g/mol. The van der Waals surface area contributed by atoms with E-state index in [4.69, 9.17) is 10.5 Å². The van der Waals surface area contributed by atoms with E-state index in [1.54, 1.807) is 18.2 Å². The molecule has 0 saturated heterocycles. The lowest BCUT2D eigenvalue weighted by Gasteiger charge is -2.07. The molecular formula is C17H26BrNO2. The first-order valence-electron chi connectivity index (χ1n) is 7.82. The molecule has 0 spiro atoms. The second-order valence-electron chi connectivity index (χ2n) is 5.26. The van der Waals surface area contributed by atoms with Crippen LogP contribution >= 0.6 is 15.9 Å². The molecule has 1 aromatic carbocycles. The Morgan fingerprint density at radius 3 is 2.24 bits per heavy atom. The van der Waals surface area contributed by atoms with Crippen molar-refractivity contribution in [3.63, 3.8) is 0 Å². The number of hydrogen-bond donors (Lipinski definition) is 1. The summed E-state index contributed by atoms with van der Waals surface area (Å²) >= 11 is 3.45. The normalized spacial score (nSPS) is 10.5. The van der Waals surface area contributed by atoms with Gasteiger partial charge in [0.05, 0.1) is 6.61 Å². The highest BCUT2D eigenvalue weighted by Gasteiger charge is 2.01. The number of halogens is 1. The van der Waals surface area contributed by atoms with Gasteiger partial charge >= 0.3 is 0 Å². The molecule has 0 atom stereocenters. The number of unbranched alkanes of at least 4 members (excludes halogenated alkanes) is 7. The standard InChI is InChI=1S/C17H26BrNO2/c18-12-7-5-3-1-2-4-6-8-13-21-16-11-9-10-15(14-16)17(19)20/h9-11,14H,1-8,12-13H2,(H2,19,20). The van der Waals surface area contributed by atoms with Crippen molar-refractivity contribution in [2.45, 2.75) is 51.4 Å². The zero-order valence-electron chi connectivity index (χ0n) is 12.7. The Bertz CT molecular complexity index is 410. The molecule has 0 unspecified atom stereocenters. The van der Waals surface area contributed by atoms with Crippen LogP contribution in [0.15, 0.2) is 24.3 Å². The Kier molecular flexibility index (Phi) is 9.96. The lowest BCUT2D eigenvalue weighted by Crippen LogP contribution is -2.10. The third-order valence-corrected chi connectivity index (χ3v) is 3.98. The molecule has 0 heterocycles. The largest absolute Gasteiger partial charge is 0.494 e. The summed E-state index contributed by atoms with van der Waals surface area (Å²) in [5, 5.41) is 1.13. The lowest BCUT2D eigenvalue weighted by molar-refractivity contribution is 0.1000.